The van der Waals surface area contributed by atoms with Crippen LogP contribution >= 0.6 is 15.9 Å². The topological polar surface area (TPSA) is 79.6 Å². The zero-order valence-corrected chi connectivity index (χ0v) is 15.8. The summed E-state index contributed by atoms with van der Waals surface area (Å²) in [6.45, 7) is 2.66. The van der Waals surface area contributed by atoms with Gasteiger partial charge in [0.15, 0.2) is 11.5 Å². The molecular weight excluding hydrogens is 388 g/mol. The molecule has 1 saturated heterocycles. The molecule has 134 valence electrons. The lowest BCUT2D eigenvalue weighted by Crippen LogP contribution is -2.38. The number of amides is 1. The number of nitriles is 1. The molecule has 0 saturated carbocycles. The summed E-state index contributed by atoms with van der Waals surface area (Å²) in [7, 11) is 0. The van der Waals surface area contributed by atoms with E-state index < -0.39 is 5.97 Å². The van der Waals surface area contributed by atoms with Gasteiger partial charge in [-0.05, 0) is 41.8 Å². The number of carbonyl (C=O) groups excluding carboxylic acids is 2. The lowest BCUT2D eigenvalue weighted by Gasteiger charge is -2.24. The van der Waals surface area contributed by atoms with Gasteiger partial charge in [-0.2, -0.15) is 5.26 Å². The average molecular weight is 409 g/mol. The minimum atomic E-state index is -0.528. The molecule has 0 aliphatic carbocycles. The number of carbonyl (C=O) groups is 2. The van der Waals surface area contributed by atoms with E-state index in [1.54, 1.807) is 17.9 Å². The molecule has 2 rings (SSSR count). The summed E-state index contributed by atoms with van der Waals surface area (Å²) in [6.07, 6.45) is 4.34. The highest BCUT2D eigenvalue weighted by molar-refractivity contribution is 9.10. The van der Waals surface area contributed by atoms with Gasteiger partial charge in [0.25, 0.3) is 0 Å². The van der Waals surface area contributed by atoms with E-state index in [1.807, 2.05) is 6.07 Å². The van der Waals surface area contributed by atoms with Crippen molar-refractivity contribution >= 4 is 27.8 Å². The van der Waals surface area contributed by atoms with Gasteiger partial charge in [0.2, 0.25) is 5.91 Å². The van der Waals surface area contributed by atoms with Gasteiger partial charge in [-0.1, -0.05) is 12.8 Å². The van der Waals surface area contributed by atoms with Crippen LogP contribution in [0.1, 0.15) is 44.6 Å². The highest BCUT2D eigenvalue weighted by Gasteiger charge is 2.22. The van der Waals surface area contributed by atoms with Gasteiger partial charge < -0.3 is 14.4 Å². The van der Waals surface area contributed by atoms with Crippen molar-refractivity contribution < 1.29 is 19.1 Å². The molecular formula is C18H21BrN2O4. The third-order valence-electron chi connectivity index (χ3n) is 3.90. The molecule has 1 aliphatic heterocycles. The SMILES string of the molecule is CCOc1cc(C#N)cc(Br)c1OC(=O)CN1CCCCCCC1=O. The van der Waals surface area contributed by atoms with Crippen molar-refractivity contribution in [2.75, 3.05) is 19.7 Å². The Balaban J connectivity index is 2.11. The maximum atomic E-state index is 12.3. The lowest BCUT2D eigenvalue weighted by atomic mass is 10.1. The number of benzene rings is 1. The molecule has 1 fully saturated rings. The Labute approximate surface area is 155 Å². The average Bonchev–Trinajstić information content (AvgIpc) is 2.57. The molecule has 0 N–H and O–H groups in total. The summed E-state index contributed by atoms with van der Waals surface area (Å²) in [5.41, 5.74) is 0.397. The van der Waals surface area contributed by atoms with Crippen LogP contribution in [0, 0.1) is 11.3 Å². The second kappa shape index (κ2) is 9.42. The van der Waals surface area contributed by atoms with Crippen LogP contribution in [-0.2, 0) is 9.59 Å². The Hall–Kier alpha value is -2.07. The first-order valence-corrected chi connectivity index (χ1v) is 9.19. The van der Waals surface area contributed by atoms with E-state index in [9.17, 15) is 9.59 Å². The predicted molar refractivity (Wildman–Crippen MR) is 95.3 cm³/mol. The summed E-state index contributed by atoms with van der Waals surface area (Å²) in [4.78, 5) is 26.0. The number of esters is 1. The van der Waals surface area contributed by atoms with Crippen LogP contribution in [-0.4, -0.2) is 36.5 Å². The van der Waals surface area contributed by atoms with Crippen LogP contribution in [0.3, 0.4) is 0 Å². The molecule has 25 heavy (non-hydrogen) atoms. The molecule has 0 aromatic heterocycles. The van der Waals surface area contributed by atoms with Crippen molar-refractivity contribution in [3.8, 4) is 17.6 Å². The molecule has 1 aromatic carbocycles. The quantitative estimate of drug-likeness (QED) is 0.550. The van der Waals surface area contributed by atoms with Crippen molar-refractivity contribution in [1.29, 1.82) is 5.26 Å². The molecule has 0 spiro atoms. The maximum absolute atomic E-state index is 12.3. The normalized spacial score (nSPS) is 15.1. The van der Waals surface area contributed by atoms with Crippen molar-refractivity contribution in [1.82, 2.24) is 4.90 Å². The van der Waals surface area contributed by atoms with Gasteiger partial charge in [-0.25, -0.2) is 4.79 Å². The van der Waals surface area contributed by atoms with Crippen LogP contribution < -0.4 is 9.47 Å². The third kappa shape index (κ3) is 5.46. The number of rotatable bonds is 5. The summed E-state index contributed by atoms with van der Waals surface area (Å²) in [5.74, 6) is 0.00645. The van der Waals surface area contributed by atoms with Crippen molar-refractivity contribution in [2.45, 2.75) is 39.0 Å². The molecule has 6 nitrogen and oxygen atoms in total. The summed E-state index contributed by atoms with van der Waals surface area (Å²) < 4.78 is 11.4. The molecule has 0 unspecified atom stereocenters. The second-order valence-corrected chi connectivity index (χ2v) is 6.64. The first-order chi connectivity index (χ1) is 12.0. The van der Waals surface area contributed by atoms with Crippen molar-refractivity contribution in [2.24, 2.45) is 0 Å². The first kappa shape index (κ1) is 19.3. The van der Waals surface area contributed by atoms with Crippen LogP contribution in [0.5, 0.6) is 11.5 Å². The van der Waals surface area contributed by atoms with Gasteiger partial charge >= 0.3 is 5.97 Å². The van der Waals surface area contributed by atoms with Crippen LogP contribution in [0.25, 0.3) is 0 Å². The van der Waals surface area contributed by atoms with Crippen molar-refractivity contribution in [3.63, 3.8) is 0 Å². The zero-order valence-electron chi connectivity index (χ0n) is 14.2. The van der Waals surface area contributed by atoms with Gasteiger partial charge in [0.1, 0.15) is 6.54 Å². The van der Waals surface area contributed by atoms with E-state index in [4.69, 9.17) is 14.7 Å². The fourth-order valence-electron chi connectivity index (χ4n) is 2.68. The number of halogens is 1. The largest absolute Gasteiger partial charge is 0.490 e. The Kier molecular flexibility index (Phi) is 7.26. The molecule has 1 heterocycles. The van der Waals surface area contributed by atoms with Gasteiger partial charge in [0.05, 0.1) is 22.7 Å². The van der Waals surface area contributed by atoms with Crippen LogP contribution in [0.4, 0.5) is 0 Å². The maximum Gasteiger partial charge on any atom is 0.331 e. The highest BCUT2D eigenvalue weighted by Crippen LogP contribution is 2.37. The van der Waals surface area contributed by atoms with Crippen LogP contribution in [0.15, 0.2) is 16.6 Å². The third-order valence-corrected chi connectivity index (χ3v) is 4.48. The molecule has 1 aliphatic rings. The van der Waals surface area contributed by atoms with E-state index in [-0.39, 0.29) is 18.2 Å². The molecule has 0 atom stereocenters. The van der Waals surface area contributed by atoms with Crippen LogP contribution in [0.2, 0.25) is 0 Å². The Morgan fingerprint density at radius 1 is 1.32 bits per heavy atom. The fourth-order valence-corrected chi connectivity index (χ4v) is 3.20. The van der Waals surface area contributed by atoms with E-state index in [1.165, 1.54) is 6.07 Å². The summed E-state index contributed by atoms with van der Waals surface area (Å²) in [6, 6.07) is 5.12. The number of hydrogen-bond acceptors (Lipinski definition) is 5. The molecule has 1 amide bonds. The summed E-state index contributed by atoms with van der Waals surface area (Å²) >= 11 is 3.31. The van der Waals surface area contributed by atoms with E-state index in [0.717, 1.165) is 25.7 Å². The van der Waals surface area contributed by atoms with E-state index >= 15 is 0 Å². The van der Waals surface area contributed by atoms with Gasteiger partial charge in [-0.3, -0.25) is 4.79 Å². The predicted octanol–water partition coefficient (Wildman–Crippen LogP) is 3.42. The minimum Gasteiger partial charge on any atom is -0.490 e. The Morgan fingerprint density at radius 2 is 2.08 bits per heavy atom. The number of hydrogen-bond donors (Lipinski definition) is 0. The monoisotopic (exact) mass is 408 g/mol. The van der Waals surface area contributed by atoms with Gasteiger partial charge in [-0.15, -0.1) is 0 Å². The standard InChI is InChI=1S/C18H21BrN2O4/c1-2-24-15-10-13(11-20)9-14(19)18(15)25-17(23)12-21-8-6-4-3-5-7-16(21)22/h9-10H,2-8,12H2,1H3. The fraction of sp³-hybridized carbons (Fsp3) is 0.500. The smallest absolute Gasteiger partial charge is 0.331 e. The Bertz CT molecular complexity index is 684. The first-order valence-electron chi connectivity index (χ1n) is 8.40. The molecule has 1 aromatic rings. The van der Waals surface area contributed by atoms with E-state index in [2.05, 4.69) is 15.9 Å². The number of ether oxygens (including phenoxy) is 2. The summed E-state index contributed by atoms with van der Waals surface area (Å²) in [5, 5.41) is 9.04. The van der Waals surface area contributed by atoms with E-state index in [0.29, 0.717) is 35.4 Å². The Morgan fingerprint density at radius 3 is 2.80 bits per heavy atom. The molecule has 7 heteroatoms. The second-order valence-electron chi connectivity index (χ2n) is 5.78. The number of nitrogens with zero attached hydrogens (tertiary/aromatic N) is 2. The number of likely N-dealkylation sites (tertiary alicyclic amines) is 1. The molecule has 0 bridgehead atoms. The molecule has 0 radical (unpaired) electrons. The minimum absolute atomic E-state index is 0.0134. The highest BCUT2D eigenvalue weighted by atomic mass is 79.9. The lowest BCUT2D eigenvalue weighted by molar-refractivity contribution is -0.143. The zero-order chi connectivity index (χ0) is 18.2. The van der Waals surface area contributed by atoms with Crippen molar-refractivity contribution in [3.05, 3.63) is 22.2 Å². The van der Waals surface area contributed by atoms with Gasteiger partial charge in [0, 0.05) is 19.0 Å².